The molecule has 23 heavy (non-hydrogen) atoms. The summed E-state index contributed by atoms with van der Waals surface area (Å²) in [6.07, 6.45) is 2.65. The third kappa shape index (κ3) is 4.30. The van der Waals surface area contributed by atoms with Crippen LogP contribution >= 0.6 is 11.3 Å². The molecule has 6 heteroatoms. The SMILES string of the molecule is CC(Cc1cccs1)Nc1ccnc(C(=O)N2CCOCC2)c1. The second kappa shape index (κ2) is 7.57. The molecule has 1 fully saturated rings. The topological polar surface area (TPSA) is 54.5 Å². The van der Waals surface area contributed by atoms with E-state index in [9.17, 15) is 4.79 Å². The van der Waals surface area contributed by atoms with Crippen LogP contribution in [0.25, 0.3) is 0 Å². The molecule has 0 spiro atoms. The number of aromatic nitrogens is 1. The first-order chi connectivity index (χ1) is 11.2. The largest absolute Gasteiger partial charge is 0.382 e. The molecule has 0 radical (unpaired) electrons. The standard InChI is InChI=1S/C17H21N3O2S/c1-13(11-15-3-2-10-23-15)19-14-4-5-18-16(12-14)17(21)20-6-8-22-9-7-20/h2-5,10,12-13H,6-9,11H2,1H3,(H,18,19). The van der Waals surface area contributed by atoms with Gasteiger partial charge in [-0.3, -0.25) is 9.78 Å². The summed E-state index contributed by atoms with van der Waals surface area (Å²) in [7, 11) is 0. The third-order valence-electron chi connectivity index (χ3n) is 3.78. The van der Waals surface area contributed by atoms with Gasteiger partial charge in [0.15, 0.2) is 0 Å². The van der Waals surface area contributed by atoms with Crippen molar-refractivity contribution in [1.29, 1.82) is 0 Å². The highest BCUT2D eigenvalue weighted by molar-refractivity contribution is 7.09. The lowest BCUT2D eigenvalue weighted by Gasteiger charge is -2.26. The molecule has 1 saturated heterocycles. The van der Waals surface area contributed by atoms with Crippen LogP contribution in [-0.4, -0.2) is 48.1 Å². The molecule has 5 nitrogen and oxygen atoms in total. The monoisotopic (exact) mass is 331 g/mol. The normalized spacial score (nSPS) is 16.1. The molecule has 1 N–H and O–H groups in total. The summed E-state index contributed by atoms with van der Waals surface area (Å²) >= 11 is 1.76. The molecule has 3 heterocycles. The zero-order valence-corrected chi connectivity index (χ0v) is 14.0. The van der Waals surface area contributed by atoms with Crippen LogP contribution in [0.4, 0.5) is 5.69 Å². The number of thiophene rings is 1. The summed E-state index contributed by atoms with van der Waals surface area (Å²) in [4.78, 5) is 19.9. The lowest BCUT2D eigenvalue weighted by Crippen LogP contribution is -2.41. The Morgan fingerprint density at radius 1 is 1.43 bits per heavy atom. The second-order valence-electron chi connectivity index (χ2n) is 5.66. The van der Waals surface area contributed by atoms with Gasteiger partial charge in [-0.15, -0.1) is 11.3 Å². The van der Waals surface area contributed by atoms with Crippen LogP contribution < -0.4 is 5.32 Å². The Bertz CT molecular complexity index is 639. The number of anilines is 1. The van der Waals surface area contributed by atoms with E-state index < -0.39 is 0 Å². The average Bonchev–Trinajstić information content (AvgIpc) is 3.08. The summed E-state index contributed by atoms with van der Waals surface area (Å²) in [5, 5.41) is 5.54. The summed E-state index contributed by atoms with van der Waals surface area (Å²) < 4.78 is 5.29. The second-order valence-corrected chi connectivity index (χ2v) is 6.70. The number of nitrogens with zero attached hydrogens (tertiary/aromatic N) is 2. The highest BCUT2D eigenvalue weighted by Crippen LogP contribution is 2.16. The molecule has 1 amide bonds. The van der Waals surface area contributed by atoms with Gasteiger partial charge in [0.25, 0.3) is 5.91 Å². The van der Waals surface area contributed by atoms with Crippen LogP contribution in [0.3, 0.4) is 0 Å². The molecule has 1 atom stereocenters. The Hall–Kier alpha value is -1.92. The van der Waals surface area contributed by atoms with Crippen molar-refractivity contribution >= 4 is 22.9 Å². The van der Waals surface area contributed by atoms with Crippen molar-refractivity contribution in [3.63, 3.8) is 0 Å². The number of nitrogens with one attached hydrogen (secondary N) is 1. The number of carbonyl (C=O) groups excluding carboxylic acids is 1. The summed E-state index contributed by atoms with van der Waals surface area (Å²) in [5.41, 5.74) is 1.42. The van der Waals surface area contributed by atoms with Gasteiger partial charge >= 0.3 is 0 Å². The smallest absolute Gasteiger partial charge is 0.272 e. The van der Waals surface area contributed by atoms with Gasteiger partial charge in [-0.2, -0.15) is 0 Å². The van der Waals surface area contributed by atoms with Crippen LogP contribution in [0, 0.1) is 0 Å². The molecule has 122 valence electrons. The third-order valence-corrected chi connectivity index (χ3v) is 4.68. The fourth-order valence-electron chi connectivity index (χ4n) is 2.63. The number of amides is 1. The Labute approximate surface area is 140 Å². The van der Waals surface area contributed by atoms with Crippen LogP contribution in [0.5, 0.6) is 0 Å². The molecule has 1 unspecified atom stereocenters. The number of rotatable bonds is 5. The predicted molar refractivity (Wildman–Crippen MR) is 92.1 cm³/mol. The lowest BCUT2D eigenvalue weighted by molar-refractivity contribution is 0.0299. The van der Waals surface area contributed by atoms with Gasteiger partial charge in [-0.05, 0) is 30.5 Å². The molecule has 2 aromatic heterocycles. The van der Waals surface area contributed by atoms with E-state index in [1.807, 2.05) is 12.1 Å². The van der Waals surface area contributed by atoms with Crippen molar-refractivity contribution < 1.29 is 9.53 Å². The Morgan fingerprint density at radius 2 is 2.26 bits per heavy atom. The Kier molecular flexibility index (Phi) is 5.25. The zero-order valence-electron chi connectivity index (χ0n) is 13.2. The van der Waals surface area contributed by atoms with E-state index in [1.54, 1.807) is 22.4 Å². The number of morpholine rings is 1. The molecule has 0 aliphatic carbocycles. The summed E-state index contributed by atoms with van der Waals surface area (Å²) in [5.74, 6) is -0.0251. The minimum absolute atomic E-state index is 0.0251. The molecular formula is C17H21N3O2S. The quantitative estimate of drug-likeness (QED) is 0.915. The highest BCUT2D eigenvalue weighted by atomic mass is 32.1. The van der Waals surface area contributed by atoms with Crippen LogP contribution in [0.1, 0.15) is 22.3 Å². The van der Waals surface area contributed by atoms with E-state index in [0.29, 0.717) is 38.0 Å². The Morgan fingerprint density at radius 3 is 3.00 bits per heavy atom. The maximum Gasteiger partial charge on any atom is 0.272 e. The van der Waals surface area contributed by atoms with Crippen molar-refractivity contribution in [1.82, 2.24) is 9.88 Å². The van der Waals surface area contributed by atoms with Gasteiger partial charge in [0.05, 0.1) is 13.2 Å². The van der Waals surface area contributed by atoms with Crippen molar-refractivity contribution in [3.05, 3.63) is 46.4 Å². The van der Waals surface area contributed by atoms with E-state index in [1.165, 1.54) is 4.88 Å². The first-order valence-corrected chi connectivity index (χ1v) is 8.72. The number of carbonyl (C=O) groups is 1. The molecule has 1 aliphatic rings. The molecule has 0 bridgehead atoms. The first-order valence-electron chi connectivity index (χ1n) is 7.84. The Balaban J connectivity index is 1.63. The minimum atomic E-state index is -0.0251. The van der Waals surface area contributed by atoms with Gasteiger partial charge in [-0.1, -0.05) is 6.07 Å². The van der Waals surface area contributed by atoms with Crippen LogP contribution in [-0.2, 0) is 11.2 Å². The predicted octanol–water partition coefficient (Wildman–Crippen LogP) is 2.66. The molecule has 1 aliphatic heterocycles. The summed E-state index contributed by atoms with van der Waals surface area (Å²) in [6, 6.07) is 8.24. The van der Waals surface area contributed by atoms with Gasteiger partial charge in [-0.25, -0.2) is 0 Å². The fraction of sp³-hybridized carbons (Fsp3) is 0.412. The first kappa shape index (κ1) is 16.0. The van der Waals surface area contributed by atoms with Gasteiger partial charge in [0.2, 0.25) is 0 Å². The van der Waals surface area contributed by atoms with Crippen molar-refractivity contribution in [2.45, 2.75) is 19.4 Å². The van der Waals surface area contributed by atoms with Crippen molar-refractivity contribution in [3.8, 4) is 0 Å². The van der Waals surface area contributed by atoms with Crippen molar-refractivity contribution in [2.24, 2.45) is 0 Å². The number of hydrogen-bond acceptors (Lipinski definition) is 5. The molecule has 0 aromatic carbocycles. The molecule has 2 aromatic rings. The number of pyridine rings is 1. The van der Waals surface area contributed by atoms with E-state index in [2.05, 4.69) is 34.7 Å². The van der Waals surface area contributed by atoms with E-state index >= 15 is 0 Å². The highest BCUT2D eigenvalue weighted by Gasteiger charge is 2.19. The van der Waals surface area contributed by atoms with Crippen LogP contribution in [0.15, 0.2) is 35.8 Å². The zero-order chi connectivity index (χ0) is 16.1. The summed E-state index contributed by atoms with van der Waals surface area (Å²) in [6.45, 7) is 4.60. The molecule has 0 saturated carbocycles. The average molecular weight is 331 g/mol. The van der Waals surface area contributed by atoms with Gasteiger partial charge in [0.1, 0.15) is 5.69 Å². The van der Waals surface area contributed by atoms with Crippen LogP contribution in [0.2, 0.25) is 0 Å². The van der Waals surface area contributed by atoms with E-state index in [4.69, 9.17) is 4.74 Å². The minimum Gasteiger partial charge on any atom is -0.382 e. The number of ether oxygens (including phenoxy) is 1. The maximum absolute atomic E-state index is 12.5. The van der Waals surface area contributed by atoms with E-state index in [-0.39, 0.29) is 5.91 Å². The van der Waals surface area contributed by atoms with Gasteiger partial charge < -0.3 is 15.0 Å². The molecular weight excluding hydrogens is 310 g/mol. The molecule has 3 rings (SSSR count). The lowest BCUT2D eigenvalue weighted by atomic mass is 10.2. The number of hydrogen-bond donors (Lipinski definition) is 1. The van der Waals surface area contributed by atoms with E-state index in [0.717, 1.165) is 12.1 Å². The van der Waals surface area contributed by atoms with Gasteiger partial charge in [0, 0.05) is 42.3 Å². The van der Waals surface area contributed by atoms with Crippen molar-refractivity contribution in [2.75, 3.05) is 31.6 Å². The fourth-order valence-corrected chi connectivity index (χ4v) is 3.47. The maximum atomic E-state index is 12.5.